The van der Waals surface area contributed by atoms with Gasteiger partial charge in [0.05, 0.1) is 0 Å². The quantitative estimate of drug-likeness (QED) is 0.832. The Morgan fingerprint density at radius 1 is 0.857 bits per heavy atom. The summed E-state index contributed by atoms with van der Waals surface area (Å²) in [5, 5.41) is 0. The minimum atomic E-state index is -3.40. The van der Waals surface area contributed by atoms with Crippen molar-refractivity contribution in [3.05, 3.63) is 29.8 Å². The molecule has 0 aliphatic rings. The van der Waals surface area contributed by atoms with Crippen molar-refractivity contribution in [2.75, 3.05) is 21.3 Å². The molecule has 0 amide bonds. The third-order valence-corrected chi connectivity index (χ3v) is 8.73. The molecule has 0 aromatic heterocycles. The van der Waals surface area contributed by atoms with Crippen LogP contribution in [0.25, 0.3) is 0 Å². The Morgan fingerprint density at radius 2 is 1.29 bits per heavy atom. The Morgan fingerprint density at radius 3 is 1.64 bits per heavy atom. The zero-order chi connectivity index (χ0) is 10.6. The predicted molar refractivity (Wildman–Crippen MR) is 51.8 cm³/mol. The molecule has 1 rings (SSSR count). The molecular formula is C10H16O3Zr. The van der Waals surface area contributed by atoms with Crippen LogP contribution in [0.2, 0.25) is 0 Å². The minimum absolute atomic E-state index is 1.05. The second-order valence-corrected chi connectivity index (χ2v) is 10.2. The molecule has 0 atom stereocenters. The number of hydrogen-bond donors (Lipinski definition) is 0. The van der Waals surface area contributed by atoms with Gasteiger partial charge < -0.3 is 0 Å². The monoisotopic (exact) mass is 274 g/mol. The Kier molecular flexibility index (Phi) is 4.45. The maximum absolute atomic E-state index is 5.43. The summed E-state index contributed by atoms with van der Waals surface area (Å²) in [6, 6.07) is 8.11. The van der Waals surface area contributed by atoms with Crippen molar-refractivity contribution >= 4 is 3.27 Å². The van der Waals surface area contributed by atoms with Crippen molar-refractivity contribution in [3.8, 4) is 0 Å². The second-order valence-electron chi connectivity index (χ2n) is 3.03. The zero-order valence-electron chi connectivity index (χ0n) is 9.03. The molecule has 14 heavy (non-hydrogen) atoms. The van der Waals surface area contributed by atoms with E-state index in [0.717, 1.165) is 3.27 Å². The van der Waals surface area contributed by atoms with Crippen molar-refractivity contribution < 1.29 is 30.0 Å². The summed E-state index contributed by atoms with van der Waals surface area (Å²) in [4.78, 5) is 0. The van der Waals surface area contributed by atoms with Gasteiger partial charge in [-0.05, 0) is 0 Å². The normalized spacial score (nSPS) is 11.7. The first-order chi connectivity index (χ1) is 6.68. The van der Waals surface area contributed by atoms with Gasteiger partial charge in [-0.15, -0.1) is 0 Å². The van der Waals surface area contributed by atoms with Crippen LogP contribution in [-0.2, 0) is 30.0 Å². The molecule has 1 aromatic rings. The molecule has 0 unspecified atom stereocenters. The van der Waals surface area contributed by atoms with E-state index in [1.54, 1.807) is 21.3 Å². The van der Waals surface area contributed by atoms with Gasteiger partial charge in [-0.1, -0.05) is 0 Å². The van der Waals surface area contributed by atoms with Crippen molar-refractivity contribution in [1.29, 1.82) is 0 Å². The van der Waals surface area contributed by atoms with E-state index in [2.05, 4.69) is 0 Å². The Labute approximate surface area is 91.2 Å². The number of rotatable bonds is 4. The van der Waals surface area contributed by atoms with E-state index in [4.69, 9.17) is 8.44 Å². The molecule has 0 saturated heterocycles. The average molecular weight is 275 g/mol. The number of aryl methyl sites for hydroxylation is 1. The van der Waals surface area contributed by atoms with E-state index in [-0.39, 0.29) is 0 Å². The second kappa shape index (κ2) is 5.17. The summed E-state index contributed by atoms with van der Waals surface area (Å²) in [6.07, 6.45) is 0. The van der Waals surface area contributed by atoms with Gasteiger partial charge >= 0.3 is 91.4 Å². The van der Waals surface area contributed by atoms with Crippen LogP contribution >= 0.6 is 0 Å². The van der Waals surface area contributed by atoms with E-state index >= 15 is 0 Å². The SMILES string of the molecule is C[O][Zr]([O]C)([O]C)[c]1ccc(C)cc1. The fraction of sp³-hybridized carbons (Fsp3) is 0.400. The maximum atomic E-state index is 5.43. The summed E-state index contributed by atoms with van der Waals surface area (Å²) >= 11 is -3.40. The first-order valence-corrected chi connectivity index (χ1v) is 8.65. The van der Waals surface area contributed by atoms with Gasteiger partial charge in [0.2, 0.25) is 0 Å². The topological polar surface area (TPSA) is 27.7 Å². The van der Waals surface area contributed by atoms with E-state index < -0.39 is 21.6 Å². The number of hydrogen-bond acceptors (Lipinski definition) is 3. The van der Waals surface area contributed by atoms with Crippen LogP contribution in [0.3, 0.4) is 0 Å². The van der Waals surface area contributed by atoms with Crippen LogP contribution in [0.4, 0.5) is 0 Å². The third kappa shape index (κ3) is 2.32. The molecule has 0 fully saturated rings. The Balaban J connectivity index is 3.05. The van der Waals surface area contributed by atoms with Crippen LogP contribution in [0.1, 0.15) is 5.56 Å². The molecule has 0 heterocycles. The first-order valence-electron chi connectivity index (χ1n) is 4.41. The molecule has 0 saturated carbocycles. The van der Waals surface area contributed by atoms with Crippen molar-refractivity contribution in [2.24, 2.45) is 0 Å². The van der Waals surface area contributed by atoms with E-state index in [0.29, 0.717) is 0 Å². The molecule has 0 aliphatic carbocycles. The third-order valence-electron chi connectivity index (χ3n) is 2.21. The fourth-order valence-corrected chi connectivity index (χ4v) is 5.74. The molecule has 0 bridgehead atoms. The molecule has 4 heteroatoms. The van der Waals surface area contributed by atoms with Gasteiger partial charge in [-0.25, -0.2) is 0 Å². The molecule has 0 aliphatic heterocycles. The summed E-state index contributed by atoms with van der Waals surface area (Å²) in [6.45, 7) is 2.05. The van der Waals surface area contributed by atoms with Gasteiger partial charge in [0.15, 0.2) is 0 Å². The van der Waals surface area contributed by atoms with Crippen molar-refractivity contribution in [1.82, 2.24) is 0 Å². The summed E-state index contributed by atoms with van der Waals surface area (Å²) < 4.78 is 17.3. The zero-order valence-corrected chi connectivity index (χ0v) is 11.5. The molecule has 0 spiro atoms. The van der Waals surface area contributed by atoms with Crippen LogP contribution in [0.5, 0.6) is 0 Å². The molecule has 0 N–H and O–H groups in total. The molecule has 3 nitrogen and oxygen atoms in total. The van der Waals surface area contributed by atoms with E-state index in [1.165, 1.54) is 5.56 Å². The molecule has 78 valence electrons. The van der Waals surface area contributed by atoms with Crippen LogP contribution in [-0.4, -0.2) is 21.3 Å². The number of benzene rings is 1. The van der Waals surface area contributed by atoms with Gasteiger partial charge in [-0.2, -0.15) is 0 Å². The average Bonchev–Trinajstić information content (AvgIpc) is 2.24. The summed E-state index contributed by atoms with van der Waals surface area (Å²) in [5.74, 6) is 0. The van der Waals surface area contributed by atoms with E-state index in [9.17, 15) is 0 Å². The van der Waals surface area contributed by atoms with Gasteiger partial charge in [0.25, 0.3) is 0 Å². The van der Waals surface area contributed by atoms with Crippen LogP contribution in [0.15, 0.2) is 24.3 Å². The fourth-order valence-electron chi connectivity index (χ4n) is 1.36. The molecular weight excluding hydrogens is 259 g/mol. The predicted octanol–water partition coefficient (Wildman–Crippen LogP) is 1.46. The molecule has 0 radical (unpaired) electrons. The van der Waals surface area contributed by atoms with Crippen molar-refractivity contribution in [2.45, 2.75) is 6.92 Å². The van der Waals surface area contributed by atoms with Crippen molar-refractivity contribution in [3.63, 3.8) is 0 Å². The van der Waals surface area contributed by atoms with E-state index in [1.807, 2.05) is 31.2 Å². The van der Waals surface area contributed by atoms with Crippen LogP contribution in [0, 0.1) is 6.92 Å². The standard InChI is InChI=1S/C7H7.3CH3O.Zr/c1-7-5-3-2-4-6-7;3*1-2;/h3-6H,1H3;3*1H3;/q;3*-1;+3. The van der Waals surface area contributed by atoms with Gasteiger partial charge in [0.1, 0.15) is 0 Å². The van der Waals surface area contributed by atoms with Crippen LogP contribution < -0.4 is 3.27 Å². The Bertz CT molecular complexity index is 272. The van der Waals surface area contributed by atoms with Gasteiger partial charge in [-0.3, -0.25) is 0 Å². The summed E-state index contributed by atoms with van der Waals surface area (Å²) in [5.41, 5.74) is 1.22. The first kappa shape index (κ1) is 12.1. The summed E-state index contributed by atoms with van der Waals surface area (Å²) in [7, 11) is 4.93. The Hall–Kier alpha value is -0.0169. The molecule has 1 aromatic carbocycles. The van der Waals surface area contributed by atoms with Gasteiger partial charge in [0, 0.05) is 0 Å².